The number of hydrogen-bond donors (Lipinski definition) is 1. The fourth-order valence-electron chi connectivity index (χ4n) is 3.49. The smallest absolute Gasteiger partial charge is 0.298 e. The molecular weight excluding hydrogens is 491 g/mol. The van der Waals surface area contributed by atoms with Gasteiger partial charge >= 0.3 is 6.18 Å². The van der Waals surface area contributed by atoms with E-state index < -0.39 is 40.6 Å². The third-order valence-electron chi connectivity index (χ3n) is 5.11. The zero-order chi connectivity index (χ0) is 24.9. The molecule has 1 unspecified atom stereocenters. The van der Waals surface area contributed by atoms with Gasteiger partial charge in [-0.05, 0) is 42.7 Å². The molecule has 0 radical (unpaired) electrons. The molecule has 3 aromatic rings. The number of alkyl halides is 3. The van der Waals surface area contributed by atoms with Crippen LogP contribution in [0, 0.1) is 10.1 Å². The Balaban J connectivity index is 1.99. The summed E-state index contributed by atoms with van der Waals surface area (Å²) in [5.74, 6) is -1.60. The molecule has 6 nitrogen and oxygen atoms in total. The molecule has 0 aliphatic carbocycles. The van der Waals surface area contributed by atoms with Gasteiger partial charge in [0, 0.05) is 14.8 Å². The molecule has 0 saturated carbocycles. The van der Waals surface area contributed by atoms with Crippen molar-refractivity contribution in [1.82, 2.24) is 4.98 Å². The van der Waals surface area contributed by atoms with Crippen LogP contribution in [0.5, 0.6) is 0 Å². The molecule has 0 spiro atoms. The van der Waals surface area contributed by atoms with Crippen LogP contribution in [-0.4, -0.2) is 22.4 Å². The third kappa shape index (κ3) is 6.32. The fourth-order valence-corrected chi connectivity index (χ4v) is 4.74. The highest BCUT2D eigenvalue weighted by molar-refractivity contribution is 7.16. The molecule has 3 rings (SSSR count). The van der Waals surface area contributed by atoms with Gasteiger partial charge in [0.05, 0.1) is 22.7 Å². The molecule has 0 bridgehead atoms. The van der Waals surface area contributed by atoms with Crippen molar-refractivity contribution < 1.29 is 22.9 Å². The first-order valence-electron chi connectivity index (χ1n) is 10.4. The average Bonchev–Trinajstić information content (AvgIpc) is 3.18. The number of hydrogen-bond acceptors (Lipinski definition) is 5. The lowest BCUT2D eigenvalue weighted by Gasteiger charge is -2.13. The Morgan fingerprint density at radius 1 is 1.21 bits per heavy atom. The number of nitro groups is 1. The van der Waals surface area contributed by atoms with Crippen LogP contribution < -0.4 is 5.32 Å². The lowest BCUT2D eigenvalue weighted by Crippen LogP contribution is -2.18. The maximum Gasteiger partial charge on any atom is 0.417 e. The molecule has 0 saturated heterocycles. The quantitative estimate of drug-likeness (QED) is 0.252. The zero-order valence-corrected chi connectivity index (χ0v) is 19.6. The van der Waals surface area contributed by atoms with Crippen molar-refractivity contribution in [1.29, 1.82) is 0 Å². The Labute approximate surface area is 202 Å². The Morgan fingerprint density at radius 3 is 2.50 bits per heavy atom. The summed E-state index contributed by atoms with van der Waals surface area (Å²) in [6.45, 7) is 1.57. The van der Waals surface area contributed by atoms with Crippen LogP contribution in [0.3, 0.4) is 0 Å². The lowest BCUT2D eigenvalue weighted by atomic mass is 9.95. The zero-order valence-electron chi connectivity index (χ0n) is 18.1. The second kappa shape index (κ2) is 11.0. The molecule has 0 fully saturated rings. The van der Waals surface area contributed by atoms with Crippen molar-refractivity contribution >= 4 is 34.0 Å². The fraction of sp³-hybridized carbons (Fsp3) is 0.304. The number of halogens is 4. The molecular formula is C23H21ClF3N3O3S. The summed E-state index contributed by atoms with van der Waals surface area (Å²) in [6.07, 6.45) is -2.58. The molecule has 1 N–H and O–H groups in total. The standard InChI is InChI=1S/C23H21ClF3N3O3S/c1-2-3-8-19-20(17(13-30(32)33)14-9-11-15(24)12-10-14)34-22(28-19)29-21(31)16-6-4-5-7-18(16)23(25,26)27/h4-7,9-12,17H,2-3,8,13H2,1H3,(H,28,29,31). The Morgan fingerprint density at radius 2 is 1.88 bits per heavy atom. The second-order valence-corrected chi connectivity index (χ2v) is 9.02. The number of aryl methyl sites for hydroxylation is 1. The van der Waals surface area contributed by atoms with Gasteiger partial charge in [-0.2, -0.15) is 13.2 Å². The Bertz CT molecular complexity index is 1170. The first-order valence-corrected chi connectivity index (χ1v) is 11.6. The van der Waals surface area contributed by atoms with E-state index in [0.717, 1.165) is 36.3 Å². The number of benzene rings is 2. The number of rotatable bonds is 9. The number of amides is 1. The molecule has 11 heteroatoms. The monoisotopic (exact) mass is 511 g/mol. The molecule has 2 aromatic carbocycles. The average molecular weight is 512 g/mol. The van der Waals surface area contributed by atoms with E-state index in [1.807, 2.05) is 6.92 Å². The van der Waals surface area contributed by atoms with E-state index in [4.69, 9.17) is 11.6 Å². The Hall–Kier alpha value is -2.98. The van der Waals surface area contributed by atoms with Crippen LogP contribution in [0.25, 0.3) is 0 Å². The highest BCUT2D eigenvalue weighted by Gasteiger charge is 2.35. The number of carbonyl (C=O) groups is 1. The predicted molar refractivity (Wildman–Crippen MR) is 125 cm³/mol. The molecule has 180 valence electrons. The van der Waals surface area contributed by atoms with Gasteiger partial charge in [0.15, 0.2) is 5.13 Å². The largest absolute Gasteiger partial charge is 0.417 e. The normalized spacial score (nSPS) is 12.4. The highest BCUT2D eigenvalue weighted by atomic mass is 35.5. The minimum absolute atomic E-state index is 0.0883. The van der Waals surface area contributed by atoms with Crippen molar-refractivity contribution in [3.63, 3.8) is 0 Å². The Kier molecular flexibility index (Phi) is 8.27. The molecule has 0 aliphatic heterocycles. The van der Waals surface area contributed by atoms with Crippen LogP contribution in [0.15, 0.2) is 48.5 Å². The lowest BCUT2D eigenvalue weighted by molar-refractivity contribution is -0.481. The number of nitrogens with zero attached hydrogens (tertiary/aromatic N) is 2. The summed E-state index contributed by atoms with van der Waals surface area (Å²) in [6, 6.07) is 11.1. The van der Waals surface area contributed by atoms with E-state index in [1.165, 1.54) is 12.1 Å². The molecule has 34 heavy (non-hydrogen) atoms. The summed E-state index contributed by atoms with van der Waals surface area (Å²) < 4.78 is 40.0. The van der Waals surface area contributed by atoms with Gasteiger partial charge in [-0.1, -0.05) is 49.2 Å². The van der Waals surface area contributed by atoms with E-state index in [1.54, 1.807) is 24.3 Å². The molecule has 0 aliphatic rings. The number of anilines is 1. The van der Waals surface area contributed by atoms with Gasteiger partial charge in [-0.3, -0.25) is 20.2 Å². The van der Waals surface area contributed by atoms with Crippen molar-refractivity contribution in [2.75, 3.05) is 11.9 Å². The van der Waals surface area contributed by atoms with Crippen molar-refractivity contribution in [3.05, 3.63) is 90.9 Å². The van der Waals surface area contributed by atoms with Crippen molar-refractivity contribution in [2.45, 2.75) is 38.3 Å². The first-order chi connectivity index (χ1) is 16.1. The van der Waals surface area contributed by atoms with Gasteiger partial charge in [-0.25, -0.2) is 4.98 Å². The number of aromatic nitrogens is 1. The van der Waals surface area contributed by atoms with Gasteiger partial charge in [-0.15, -0.1) is 11.3 Å². The summed E-state index contributed by atoms with van der Waals surface area (Å²) in [7, 11) is 0. The number of nitrogens with one attached hydrogen (secondary N) is 1. The van der Waals surface area contributed by atoms with E-state index in [2.05, 4.69) is 10.3 Å². The van der Waals surface area contributed by atoms with Crippen LogP contribution >= 0.6 is 22.9 Å². The maximum absolute atomic E-state index is 13.3. The molecule has 1 amide bonds. The van der Waals surface area contributed by atoms with Gasteiger partial charge < -0.3 is 0 Å². The highest BCUT2D eigenvalue weighted by Crippen LogP contribution is 2.37. The molecule has 1 heterocycles. The van der Waals surface area contributed by atoms with Crippen LogP contribution in [-0.2, 0) is 12.6 Å². The minimum Gasteiger partial charge on any atom is -0.298 e. The summed E-state index contributed by atoms with van der Waals surface area (Å²) >= 11 is 6.99. The van der Waals surface area contributed by atoms with E-state index in [0.29, 0.717) is 27.6 Å². The van der Waals surface area contributed by atoms with Crippen molar-refractivity contribution in [3.8, 4) is 0 Å². The van der Waals surface area contributed by atoms with Gasteiger partial charge in [0.2, 0.25) is 6.54 Å². The van der Waals surface area contributed by atoms with Crippen LogP contribution in [0.4, 0.5) is 18.3 Å². The van der Waals surface area contributed by atoms with Crippen LogP contribution in [0.2, 0.25) is 5.02 Å². The van der Waals surface area contributed by atoms with Crippen molar-refractivity contribution in [2.24, 2.45) is 0 Å². The third-order valence-corrected chi connectivity index (χ3v) is 6.49. The predicted octanol–water partition coefficient (Wildman–Crippen LogP) is 6.82. The maximum atomic E-state index is 13.3. The van der Waals surface area contributed by atoms with Gasteiger partial charge in [0.1, 0.15) is 0 Å². The van der Waals surface area contributed by atoms with E-state index >= 15 is 0 Å². The summed E-state index contributed by atoms with van der Waals surface area (Å²) in [5.41, 5.74) is -0.347. The van der Waals surface area contributed by atoms with Gasteiger partial charge in [0.25, 0.3) is 5.91 Å². The number of thiazole rings is 1. The van der Waals surface area contributed by atoms with Crippen LogP contribution in [0.1, 0.15) is 57.7 Å². The first kappa shape index (κ1) is 25.6. The second-order valence-electron chi connectivity index (χ2n) is 7.55. The van der Waals surface area contributed by atoms with E-state index in [-0.39, 0.29) is 5.13 Å². The number of carbonyl (C=O) groups excluding carboxylic acids is 1. The molecule has 1 aromatic heterocycles. The molecule has 1 atom stereocenters. The topological polar surface area (TPSA) is 85.1 Å². The number of unbranched alkanes of at least 4 members (excludes halogenated alkanes) is 1. The SMILES string of the molecule is CCCCc1nc(NC(=O)c2ccccc2C(F)(F)F)sc1C(C[N+](=O)[O-])c1ccc(Cl)cc1. The summed E-state index contributed by atoms with van der Waals surface area (Å²) in [5, 5.41) is 14.5. The minimum atomic E-state index is -4.69. The van der Waals surface area contributed by atoms with E-state index in [9.17, 15) is 28.1 Å². The summed E-state index contributed by atoms with van der Waals surface area (Å²) in [4.78, 5) is 28.7.